The number of amides is 2. The van der Waals surface area contributed by atoms with Gasteiger partial charge in [-0.3, -0.25) is 9.59 Å². The summed E-state index contributed by atoms with van der Waals surface area (Å²) in [5.41, 5.74) is 5.54. The van der Waals surface area contributed by atoms with Crippen LogP contribution >= 0.6 is 0 Å². The molecule has 1 saturated heterocycles. The summed E-state index contributed by atoms with van der Waals surface area (Å²) in [4.78, 5) is 25.8. The van der Waals surface area contributed by atoms with Crippen molar-refractivity contribution in [3.63, 3.8) is 0 Å². The van der Waals surface area contributed by atoms with Crippen molar-refractivity contribution >= 4 is 11.8 Å². The third-order valence-electron chi connectivity index (χ3n) is 3.27. The molecule has 1 aliphatic heterocycles. The third kappa shape index (κ3) is 4.47. The number of morpholine rings is 1. The molecule has 1 unspecified atom stereocenters. The zero-order chi connectivity index (χ0) is 14.6. The molecular formula is C13H25N3O3. The summed E-state index contributed by atoms with van der Waals surface area (Å²) in [5.74, 6) is -0.376. The zero-order valence-electron chi connectivity index (χ0n) is 12.2. The van der Waals surface area contributed by atoms with E-state index in [1.807, 2.05) is 20.8 Å². The smallest absolute Gasteiger partial charge is 0.245 e. The molecule has 19 heavy (non-hydrogen) atoms. The number of carbonyl (C=O) groups excluding carboxylic acids is 2. The van der Waals surface area contributed by atoms with Gasteiger partial charge in [0, 0.05) is 13.1 Å². The molecule has 0 aliphatic carbocycles. The molecule has 0 saturated carbocycles. The highest BCUT2D eigenvalue weighted by molar-refractivity contribution is 5.89. The number of ether oxygens (including phenoxy) is 1. The topological polar surface area (TPSA) is 84.7 Å². The monoisotopic (exact) mass is 271 g/mol. The van der Waals surface area contributed by atoms with Gasteiger partial charge in [-0.2, -0.15) is 0 Å². The number of hydrogen-bond donors (Lipinski definition) is 2. The Hall–Kier alpha value is -1.14. The molecule has 1 fully saturated rings. The Bertz CT molecular complexity index is 333. The van der Waals surface area contributed by atoms with Crippen LogP contribution in [-0.2, 0) is 14.3 Å². The number of nitrogens with zero attached hydrogens (tertiary/aromatic N) is 1. The molecule has 6 nitrogen and oxygen atoms in total. The lowest BCUT2D eigenvalue weighted by molar-refractivity contribution is -0.140. The first-order valence-electron chi connectivity index (χ1n) is 6.66. The molecule has 2 atom stereocenters. The van der Waals surface area contributed by atoms with Crippen LogP contribution in [0.1, 0.15) is 27.7 Å². The first-order chi connectivity index (χ1) is 8.73. The van der Waals surface area contributed by atoms with Crippen molar-refractivity contribution in [3.8, 4) is 0 Å². The highest BCUT2D eigenvalue weighted by Crippen LogP contribution is 2.17. The summed E-state index contributed by atoms with van der Waals surface area (Å²) in [5, 5.41) is 2.69. The molecule has 0 bridgehead atoms. The summed E-state index contributed by atoms with van der Waals surface area (Å²) >= 11 is 0. The molecule has 1 heterocycles. The van der Waals surface area contributed by atoms with Gasteiger partial charge in [-0.05, 0) is 12.3 Å². The highest BCUT2D eigenvalue weighted by atomic mass is 16.5. The fraction of sp³-hybridized carbons (Fsp3) is 0.846. The second-order valence-corrected chi connectivity index (χ2v) is 6.01. The summed E-state index contributed by atoms with van der Waals surface area (Å²) in [6, 6.07) is -1.19. The van der Waals surface area contributed by atoms with Crippen molar-refractivity contribution in [1.82, 2.24) is 10.2 Å². The number of nitrogens with two attached hydrogens (primary N) is 1. The van der Waals surface area contributed by atoms with E-state index < -0.39 is 12.1 Å². The Labute approximate surface area is 114 Å². The van der Waals surface area contributed by atoms with Crippen molar-refractivity contribution in [1.29, 1.82) is 0 Å². The quantitative estimate of drug-likeness (QED) is 0.739. The predicted octanol–water partition coefficient (Wildman–Crippen LogP) is -0.277. The molecule has 110 valence electrons. The van der Waals surface area contributed by atoms with Crippen LogP contribution in [0.25, 0.3) is 0 Å². The van der Waals surface area contributed by atoms with E-state index in [9.17, 15) is 9.59 Å². The van der Waals surface area contributed by atoms with E-state index in [-0.39, 0.29) is 17.2 Å². The molecular weight excluding hydrogens is 246 g/mol. The fourth-order valence-corrected chi connectivity index (χ4v) is 1.82. The molecule has 3 N–H and O–H groups in total. The minimum Gasteiger partial charge on any atom is -0.378 e. The van der Waals surface area contributed by atoms with Crippen molar-refractivity contribution in [2.24, 2.45) is 11.1 Å². The second-order valence-electron chi connectivity index (χ2n) is 6.01. The van der Waals surface area contributed by atoms with Gasteiger partial charge >= 0.3 is 0 Å². The summed E-state index contributed by atoms with van der Waals surface area (Å²) < 4.78 is 5.19. The van der Waals surface area contributed by atoms with Gasteiger partial charge in [0.05, 0.1) is 19.3 Å². The van der Waals surface area contributed by atoms with Crippen LogP contribution < -0.4 is 11.1 Å². The van der Waals surface area contributed by atoms with Gasteiger partial charge in [0.25, 0.3) is 0 Å². The van der Waals surface area contributed by atoms with E-state index in [4.69, 9.17) is 10.5 Å². The molecule has 1 aliphatic rings. The van der Waals surface area contributed by atoms with Crippen molar-refractivity contribution in [2.75, 3.05) is 26.3 Å². The van der Waals surface area contributed by atoms with E-state index in [1.54, 1.807) is 11.8 Å². The molecule has 0 radical (unpaired) electrons. The van der Waals surface area contributed by atoms with Gasteiger partial charge in [0.15, 0.2) is 0 Å². The molecule has 0 aromatic rings. The van der Waals surface area contributed by atoms with Crippen LogP contribution in [0.15, 0.2) is 0 Å². The number of carbonyl (C=O) groups is 2. The fourth-order valence-electron chi connectivity index (χ4n) is 1.82. The van der Waals surface area contributed by atoms with Gasteiger partial charge in [0.2, 0.25) is 11.8 Å². The van der Waals surface area contributed by atoms with Crippen molar-refractivity contribution < 1.29 is 14.3 Å². The molecule has 2 amide bonds. The first kappa shape index (κ1) is 15.9. The highest BCUT2D eigenvalue weighted by Gasteiger charge is 2.30. The maximum Gasteiger partial charge on any atom is 0.245 e. The molecule has 6 heteroatoms. The van der Waals surface area contributed by atoms with Gasteiger partial charge in [-0.15, -0.1) is 0 Å². The normalized spacial score (nSPS) is 19.7. The summed E-state index contributed by atoms with van der Waals surface area (Å²) in [6.07, 6.45) is 0. The lowest BCUT2D eigenvalue weighted by Crippen LogP contribution is -2.55. The lowest BCUT2D eigenvalue weighted by atomic mass is 9.87. The number of nitrogens with one attached hydrogen (secondary N) is 1. The van der Waals surface area contributed by atoms with Crippen LogP contribution in [-0.4, -0.2) is 55.1 Å². The van der Waals surface area contributed by atoms with E-state index in [1.165, 1.54) is 0 Å². The Morgan fingerprint density at radius 3 is 2.26 bits per heavy atom. The van der Waals surface area contributed by atoms with Gasteiger partial charge in [-0.25, -0.2) is 0 Å². The Morgan fingerprint density at radius 1 is 1.26 bits per heavy atom. The van der Waals surface area contributed by atoms with Gasteiger partial charge < -0.3 is 20.7 Å². The Balaban J connectivity index is 2.51. The number of rotatable bonds is 3. The maximum atomic E-state index is 12.1. The van der Waals surface area contributed by atoms with Crippen LogP contribution in [0, 0.1) is 5.41 Å². The standard InChI is InChI=1S/C13H25N3O3/c1-9(12(18)16-5-7-19-8-6-16)15-11(17)10(14)13(2,3)4/h9-10H,5-8,14H2,1-4H3,(H,15,17)/t9?,10-/m0/s1. The second kappa shape index (κ2) is 6.34. The molecule has 0 aromatic carbocycles. The van der Waals surface area contributed by atoms with Gasteiger partial charge in [0.1, 0.15) is 6.04 Å². The number of hydrogen-bond acceptors (Lipinski definition) is 4. The largest absolute Gasteiger partial charge is 0.378 e. The third-order valence-corrected chi connectivity index (χ3v) is 3.27. The maximum absolute atomic E-state index is 12.1. The molecule has 0 spiro atoms. The van der Waals surface area contributed by atoms with E-state index in [0.29, 0.717) is 26.3 Å². The summed E-state index contributed by atoms with van der Waals surface area (Å²) in [6.45, 7) is 9.62. The van der Waals surface area contributed by atoms with Crippen LogP contribution in [0.4, 0.5) is 0 Å². The lowest BCUT2D eigenvalue weighted by Gasteiger charge is -2.31. The molecule has 1 rings (SSSR count). The Morgan fingerprint density at radius 2 is 1.79 bits per heavy atom. The minimum atomic E-state index is -0.632. The van der Waals surface area contributed by atoms with Crippen molar-refractivity contribution in [3.05, 3.63) is 0 Å². The average molecular weight is 271 g/mol. The summed E-state index contributed by atoms with van der Waals surface area (Å²) in [7, 11) is 0. The SMILES string of the molecule is CC(NC(=O)[C@H](N)C(C)(C)C)C(=O)N1CCOCC1. The Kier molecular flexibility index (Phi) is 5.31. The zero-order valence-corrected chi connectivity index (χ0v) is 12.2. The van der Waals surface area contributed by atoms with Gasteiger partial charge in [-0.1, -0.05) is 20.8 Å². The van der Waals surface area contributed by atoms with E-state index in [0.717, 1.165) is 0 Å². The average Bonchev–Trinajstić information content (AvgIpc) is 2.36. The van der Waals surface area contributed by atoms with Crippen LogP contribution in [0.3, 0.4) is 0 Å². The minimum absolute atomic E-state index is 0.0854. The van der Waals surface area contributed by atoms with E-state index in [2.05, 4.69) is 5.32 Å². The predicted molar refractivity (Wildman–Crippen MR) is 72.4 cm³/mol. The van der Waals surface area contributed by atoms with Crippen LogP contribution in [0.2, 0.25) is 0 Å². The van der Waals surface area contributed by atoms with Crippen LogP contribution in [0.5, 0.6) is 0 Å². The molecule has 0 aromatic heterocycles. The first-order valence-corrected chi connectivity index (χ1v) is 6.66. The van der Waals surface area contributed by atoms with E-state index >= 15 is 0 Å². The van der Waals surface area contributed by atoms with Crippen molar-refractivity contribution in [2.45, 2.75) is 39.8 Å².